The van der Waals surface area contributed by atoms with Crippen LogP contribution in [0, 0.1) is 5.41 Å². The van der Waals surface area contributed by atoms with Crippen LogP contribution in [0.15, 0.2) is 0 Å². The van der Waals surface area contributed by atoms with E-state index in [2.05, 4.69) is 0 Å². The van der Waals surface area contributed by atoms with E-state index in [0.29, 0.717) is 12.8 Å². The maximum absolute atomic E-state index is 12.6. The number of nitrogens with zero attached hydrogens (tertiary/aromatic N) is 2. The van der Waals surface area contributed by atoms with E-state index in [-0.39, 0.29) is 25.7 Å². The van der Waals surface area contributed by atoms with Crippen molar-refractivity contribution in [3.63, 3.8) is 0 Å². The van der Waals surface area contributed by atoms with Gasteiger partial charge in [-0.3, -0.25) is 19.2 Å². The minimum atomic E-state index is -1.27. The van der Waals surface area contributed by atoms with Crippen molar-refractivity contribution in [3.05, 3.63) is 0 Å². The Bertz CT molecular complexity index is 417. The smallest absolute Gasteiger partial charge is 0.264 e. The number of carbonyl (C=O) groups excluding carboxylic acids is 4. The fourth-order valence-corrected chi connectivity index (χ4v) is 2.62. The largest absolute Gasteiger partial charge is 0.273 e. The van der Waals surface area contributed by atoms with Gasteiger partial charge in [0.05, 0.1) is 0 Å². The van der Waals surface area contributed by atoms with Gasteiger partial charge in [0.1, 0.15) is 5.41 Å². The monoisotopic (exact) mass is 296 g/mol. The molecule has 1 aliphatic heterocycles. The number of hydrazine groups is 1. The number of amides is 4. The van der Waals surface area contributed by atoms with Gasteiger partial charge in [-0.15, -0.1) is 0 Å². The van der Waals surface area contributed by atoms with Crippen molar-refractivity contribution in [1.29, 1.82) is 0 Å². The molecule has 118 valence electrons. The van der Waals surface area contributed by atoms with E-state index < -0.39 is 29.0 Å². The summed E-state index contributed by atoms with van der Waals surface area (Å²) in [5.74, 6) is -2.08. The highest BCUT2D eigenvalue weighted by molar-refractivity contribution is 6.20. The first kappa shape index (κ1) is 17.3. The van der Waals surface area contributed by atoms with Crippen LogP contribution < -0.4 is 0 Å². The molecule has 0 unspecified atom stereocenters. The van der Waals surface area contributed by atoms with E-state index in [0.717, 1.165) is 10.0 Å². The van der Waals surface area contributed by atoms with Gasteiger partial charge in [-0.1, -0.05) is 27.7 Å². The highest BCUT2D eigenvalue weighted by Gasteiger charge is 2.59. The third kappa shape index (κ3) is 2.71. The van der Waals surface area contributed by atoms with Gasteiger partial charge >= 0.3 is 0 Å². The molecule has 6 nitrogen and oxygen atoms in total. The Balaban J connectivity index is 3.29. The van der Waals surface area contributed by atoms with Crippen LogP contribution >= 0.6 is 0 Å². The molecule has 0 bridgehead atoms. The van der Waals surface area contributed by atoms with Crippen molar-refractivity contribution in [1.82, 2.24) is 10.0 Å². The van der Waals surface area contributed by atoms with Gasteiger partial charge in [0.2, 0.25) is 11.8 Å². The Hall–Kier alpha value is -1.72. The average molecular weight is 296 g/mol. The predicted octanol–water partition coefficient (Wildman–Crippen LogP) is 2.03. The number of rotatable bonds is 6. The summed E-state index contributed by atoms with van der Waals surface area (Å²) in [5.41, 5.74) is -1.27. The quantitative estimate of drug-likeness (QED) is 0.703. The molecule has 1 heterocycles. The van der Waals surface area contributed by atoms with E-state index >= 15 is 0 Å². The van der Waals surface area contributed by atoms with Crippen LogP contribution in [-0.2, 0) is 19.2 Å². The average Bonchev–Trinajstić information content (AvgIpc) is 2.68. The van der Waals surface area contributed by atoms with Crippen molar-refractivity contribution in [2.75, 3.05) is 0 Å². The van der Waals surface area contributed by atoms with Gasteiger partial charge in [-0.05, 0) is 25.7 Å². The molecule has 4 amide bonds. The molecule has 0 aromatic heterocycles. The Morgan fingerprint density at radius 3 is 1.38 bits per heavy atom. The minimum Gasteiger partial charge on any atom is -0.273 e. The summed E-state index contributed by atoms with van der Waals surface area (Å²) in [6.07, 6.45) is 1.95. The molecule has 21 heavy (non-hydrogen) atoms. The highest BCUT2D eigenvalue weighted by Crippen LogP contribution is 2.39. The van der Waals surface area contributed by atoms with Crippen molar-refractivity contribution >= 4 is 23.6 Å². The van der Waals surface area contributed by atoms with Crippen LogP contribution in [0.5, 0.6) is 0 Å². The fraction of sp³-hybridized carbons (Fsp3) is 0.733. The third-order valence-electron chi connectivity index (χ3n) is 4.01. The number of carbonyl (C=O) groups is 4. The molecule has 1 saturated heterocycles. The van der Waals surface area contributed by atoms with Crippen LogP contribution in [-0.4, -0.2) is 33.6 Å². The van der Waals surface area contributed by atoms with Crippen molar-refractivity contribution in [2.45, 2.75) is 66.2 Å². The molecule has 1 rings (SSSR count). The standard InChI is InChI=1S/C15H24N2O4/c1-5-9-11(18)16-13(20)15(7-3,8-4)14(21)17(16)12(19)10-6-2/h5-10H2,1-4H3. The second kappa shape index (κ2) is 6.83. The zero-order valence-electron chi connectivity index (χ0n) is 13.3. The summed E-state index contributed by atoms with van der Waals surface area (Å²) in [4.78, 5) is 49.6. The zero-order valence-corrected chi connectivity index (χ0v) is 13.3. The molecule has 1 fully saturated rings. The van der Waals surface area contributed by atoms with Crippen LogP contribution in [0.4, 0.5) is 0 Å². The van der Waals surface area contributed by atoms with Crippen molar-refractivity contribution in [2.24, 2.45) is 5.41 Å². The topological polar surface area (TPSA) is 74.8 Å². The zero-order chi connectivity index (χ0) is 16.2. The maximum atomic E-state index is 12.6. The van der Waals surface area contributed by atoms with E-state index in [4.69, 9.17) is 0 Å². The van der Waals surface area contributed by atoms with Gasteiger partial charge in [0.15, 0.2) is 0 Å². The predicted molar refractivity (Wildman–Crippen MR) is 76.5 cm³/mol. The molecular weight excluding hydrogens is 272 g/mol. The summed E-state index contributed by atoms with van der Waals surface area (Å²) >= 11 is 0. The molecule has 0 aromatic carbocycles. The number of imide groups is 2. The maximum Gasteiger partial charge on any atom is 0.264 e. The molecule has 0 saturated carbocycles. The van der Waals surface area contributed by atoms with E-state index in [9.17, 15) is 19.2 Å². The van der Waals surface area contributed by atoms with Gasteiger partial charge in [-0.25, -0.2) is 0 Å². The lowest BCUT2D eigenvalue weighted by Crippen LogP contribution is -2.48. The summed E-state index contributed by atoms with van der Waals surface area (Å²) < 4.78 is 0. The summed E-state index contributed by atoms with van der Waals surface area (Å²) in [7, 11) is 0. The molecule has 1 aliphatic rings. The number of hydrogen-bond donors (Lipinski definition) is 0. The minimum absolute atomic E-state index is 0.137. The van der Waals surface area contributed by atoms with Crippen LogP contribution in [0.3, 0.4) is 0 Å². The lowest BCUT2D eigenvalue weighted by Gasteiger charge is -2.23. The first-order valence-electron chi connectivity index (χ1n) is 7.65. The van der Waals surface area contributed by atoms with Crippen LogP contribution in [0.2, 0.25) is 0 Å². The second-order valence-electron chi connectivity index (χ2n) is 5.31. The molecule has 0 aliphatic carbocycles. The van der Waals surface area contributed by atoms with Crippen LogP contribution in [0.1, 0.15) is 66.2 Å². The second-order valence-corrected chi connectivity index (χ2v) is 5.31. The molecule has 0 spiro atoms. The normalized spacial score (nSPS) is 17.5. The summed E-state index contributed by atoms with van der Waals surface area (Å²) in [6, 6.07) is 0. The van der Waals surface area contributed by atoms with Crippen LogP contribution in [0.25, 0.3) is 0 Å². The van der Waals surface area contributed by atoms with E-state index in [1.807, 2.05) is 13.8 Å². The third-order valence-corrected chi connectivity index (χ3v) is 4.01. The Labute approximate surface area is 125 Å². The van der Waals surface area contributed by atoms with Crippen molar-refractivity contribution < 1.29 is 19.2 Å². The first-order chi connectivity index (χ1) is 9.91. The summed E-state index contributed by atoms with van der Waals surface area (Å²) in [5, 5.41) is 1.58. The first-order valence-corrected chi connectivity index (χ1v) is 7.65. The molecule has 0 N–H and O–H groups in total. The lowest BCUT2D eigenvalue weighted by molar-refractivity contribution is -0.170. The van der Waals surface area contributed by atoms with Gasteiger partial charge in [0, 0.05) is 12.8 Å². The van der Waals surface area contributed by atoms with E-state index in [1.54, 1.807) is 13.8 Å². The highest BCUT2D eigenvalue weighted by atomic mass is 16.2. The molecule has 6 heteroatoms. The Morgan fingerprint density at radius 2 is 1.14 bits per heavy atom. The van der Waals surface area contributed by atoms with Gasteiger partial charge < -0.3 is 0 Å². The molecular formula is C15H24N2O4. The number of hydrogen-bond acceptors (Lipinski definition) is 4. The Kier molecular flexibility index (Phi) is 5.63. The SMILES string of the molecule is CCCC(=O)N1C(=O)C(CC)(CC)C(=O)N1C(=O)CCC. The lowest BCUT2D eigenvalue weighted by atomic mass is 9.81. The molecule has 0 radical (unpaired) electrons. The molecule has 0 aromatic rings. The van der Waals surface area contributed by atoms with Gasteiger partial charge in [-0.2, -0.15) is 10.0 Å². The van der Waals surface area contributed by atoms with Gasteiger partial charge in [0.25, 0.3) is 11.8 Å². The molecule has 0 atom stereocenters. The Morgan fingerprint density at radius 1 is 0.810 bits per heavy atom. The van der Waals surface area contributed by atoms with Crippen molar-refractivity contribution in [3.8, 4) is 0 Å². The van der Waals surface area contributed by atoms with E-state index in [1.165, 1.54) is 0 Å². The summed E-state index contributed by atoms with van der Waals surface area (Å²) in [6.45, 7) is 7.09. The fourth-order valence-electron chi connectivity index (χ4n) is 2.62.